The van der Waals surface area contributed by atoms with E-state index in [9.17, 15) is 23.9 Å². The highest BCUT2D eigenvalue weighted by Gasteiger charge is 2.47. The van der Waals surface area contributed by atoms with Crippen LogP contribution in [0.3, 0.4) is 0 Å². The highest BCUT2D eigenvalue weighted by atomic mass is 19.1. The van der Waals surface area contributed by atoms with Crippen molar-refractivity contribution >= 4 is 11.8 Å². The molecule has 3 heterocycles. The van der Waals surface area contributed by atoms with Crippen molar-refractivity contribution < 1.29 is 19.1 Å². The fraction of sp³-hybridized carbons (Fsp3) is 0.409. The first-order chi connectivity index (χ1) is 14.3. The molecule has 7 nitrogen and oxygen atoms in total. The normalized spacial score (nSPS) is 24.0. The molecule has 3 aliphatic rings. The summed E-state index contributed by atoms with van der Waals surface area (Å²) in [6, 6.07) is 4.60. The van der Waals surface area contributed by atoms with Crippen molar-refractivity contribution in [3.63, 3.8) is 0 Å². The summed E-state index contributed by atoms with van der Waals surface area (Å²) in [5.74, 6) is -1.21. The molecule has 0 radical (unpaired) electrons. The van der Waals surface area contributed by atoms with Gasteiger partial charge in [-0.2, -0.15) is 0 Å². The van der Waals surface area contributed by atoms with Crippen LogP contribution in [0, 0.1) is 24.6 Å². The summed E-state index contributed by atoms with van der Waals surface area (Å²) in [6.07, 6.45) is 3.30. The van der Waals surface area contributed by atoms with Gasteiger partial charge in [-0.3, -0.25) is 14.4 Å². The van der Waals surface area contributed by atoms with E-state index in [1.165, 1.54) is 12.3 Å². The Bertz CT molecular complexity index is 1140. The van der Waals surface area contributed by atoms with Gasteiger partial charge in [-0.25, -0.2) is 4.39 Å². The molecule has 1 aliphatic carbocycles. The molecule has 156 valence electrons. The Balaban J connectivity index is 1.46. The predicted octanol–water partition coefficient (Wildman–Crippen LogP) is 1.97. The number of hydrogen-bond acceptors (Lipinski definition) is 4. The summed E-state index contributed by atoms with van der Waals surface area (Å²) in [6.45, 7) is 2.84. The van der Waals surface area contributed by atoms with Crippen LogP contribution in [0.15, 0.2) is 29.2 Å². The Morgan fingerprint density at radius 3 is 2.80 bits per heavy atom. The quantitative estimate of drug-likeness (QED) is 0.808. The topological polar surface area (TPSA) is 91.6 Å². The standard InChI is InChI=1S/C22H22FN3O4/c1-11-2-3-12(17(23)4-11)7-24-21(29)16-10-26-15-6-13-5-14(13)8-25(9-15)22(30)18(26)20(28)19(16)27/h2-4,10,13-15,28H,5-9H2,1H3,(H,24,29). The molecule has 1 aromatic carbocycles. The lowest BCUT2D eigenvalue weighted by Gasteiger charge is -2.35. The van der Waals surface area contributed by atoms with E-state index in [0.29, 0.717) is 30.5 Å². The number of hydrogen-bond donors (Lipinski definition) is 2. The lowest BCUT2D eigenvalue weighted by Crippen LogP contribution is -2.45. The predicted molar refractivity (Wildman–Crippen MR) is 106 cm³/mol. The van der Waals surface area contributed by atoms with E-state index in [1.54, 1.807) is 28.5 Å². The number of pyridine rings is 1. The molecule has 1 aromatic heterocycles. The number of rotatable bonds is 3. The summed E-state index contributed by atoms with van der Waals surface area (Å²) in [7, 11) is 0. The lowest BCUT2D eigenvalue weighted by atomic mass is 10.0. The first kappa shape index (κ1) is 18.8. The minimum atomic E-state index is -0.888. The minimum Gasteiger partial charge on any atom is -0.503 e. The Morgan fingerprint density at radius 2 is 2.03 bits per heavy atom. The van der Waals surface area contributed by atoms with Gasteiger partial charge >= 0.3 is 0 Å². The summed E-state index contributed by atoms with van der Waals surface area (Å²) in [4.78, 5) is 39.9. The van der Waals surface area contributed by atoms with Crippen LogP contribution < -0.4 is 10.7 Å². The fourth-order valence-corrected chi connectivity index (χ4v) is 4.72. The van der Waals surface area contributed by atoms with Crippen molar-refractivity contribution in [3.8, 4) is 5.75 Å². The zero-order valence-corrected chi connectivity index (χ0v) is 16.5. The van der Waals surface area contributed by atoms with Gasteiger partial charge in [-0.1, -0.05) is 12.1 Å². The lowest BCUT2D eigenvalue weighted by molar-refractivity contribution is 0.0663. The molecular formula is C22H22FN3O4. The number of halogens is 1. The van der Waals surface area contributed by atoms with Crippen LogP contribution in [0.5, 0.6) is 5.75 Å². The van der Waals surface area contributed by atoms with Gasteiger partial charge < -0.3 is 19.9 Å². The number of nitrogens with one attached hydrogen (secondary N) is 1. The van der Waals surface area contributed by atoms with Crippen LogP contribution in [0.4, 0.5) is 4.39 Å². The number of fused-ring (bicyclic) bond motifs is 5. The van der Waals surface area contributed by atoms with E-state index in [2.05, 4.69) is 5.32 Å². The van der Waals surface area contributed by atoms with Gasteiger partial charge in [0.15, 0.2) is 11.4 Å². The Labute approximate surface area is 172 Å². The van der Waals surface area contributed by atoms with Crippen molar-refractivity contribution in [2.75, 3.05) is 13.1 Å². The largest absolute Gasteiger partial charge is 0.503 e. The molecule has 3 atom stereocenters. The molecule has 0 spiro atoms. The van der Waals surface area contributed by atoms with Gasteiger partial charge in [0, 0.05) is 31.4 Å². The van der Waals surface area contributed by atoms with Crippen LogP contribution in [0.1, 0.15) is 50.9 Å². The first-order valence-corrected chi connectivity index (χ1v) is 10.1. The number of aromatic hydroxyl groups is 1. The van der Waals surface area contributed by atoms with E-state index >= 15 is 0 Å². The summed E-state index contributed by atoms with van der Waals surface area (Å²) >= 11 is 0. The van der Waals surface area contributed by atoms with E-state index in [4.69, 9.17) is 0 Å². The van der Waals surface area contributed by atoms with Gasteiger partial charge in [-0.15, -0.1) is 0 Å². The van der Waals surface area contributed by atoms with Gasteiger partial charge in [0.25, 0.3) is 11.8 Å². The second-order valence-corrected chi connectivity index (χ2v) is 8.61. The molecule has 2 aliphatic heterocycles. The number of nitrogens with zero attached hydrogens (tertiary/aromatic N) is 2. The van der Waals surface area contributed by atoms with Crippen LogP contribution in [0.25, 0.3) is 0 Å². The van der Waals surface area contributed by atoms with Crippen molar-refractivity contribution in [3.05, 3.63) is 62.8 Å². The third-order valence-electron chi connectivity index (χ3n) is 6.52. The molecule has 2 fully saturated rings. The molecule has 30 heavy (non-hydrogen) atoms. The Hall–Kier alpha value is -3.16. The van der Waals surface area contributed by atoms with Crippen LogP contribution in [-0.4, -0.2) is 39.5 Å². The number of aromatic nitrogens is 1. The smallest absolute Gasteiger partial charge is 0.274 e. The number of amides is 2. The van der Waals surface area contributed by atoms with Gasteiger partial charge in [0.05, 0.1) is 6.04 Å². The fourth-order valence-electron chi connectivity index (χ4n) is 4.72. The Kier molecular flexibility index (Phi) is 4.20. The second kappa shape index (κ2) is 6.68. The molecule has 2 N–H and O–H groups in total. The first-order valence-electron chi connectivity index (χ1n) is 10.1. The second-order valence-electron chi connectivity index (χ2n) is 8.61. The zero-order chi connectivity index (χ0) is 21.2. The van der Waals surface area contributed by atoms with E-state index in [1.807, 2.05) is 0 Å². The maximum atomic E-state index is 14.0. The zero-order valence-electron chi connectivity index (χ0n) is 16.5. The van der Waals surface area contributed by atoms with Crippen LogP contribution in [-0.2, 0) is 6.54 Å². The minimum absolute atomic E-state index is 0.0429. The van der Waals surface area contributed by atoms with Gasteiger partial charge in [-0.05, 0) is 43.2 Å². The number of carbonyl (C=O) groups excluding carboxylic acids is 2. The molecular weight excluding hydrogens is 389 g/mol. The van der Waals surface area contributed by atoms with Crippen LogP contribution >= 0.6 is 0 Å². The maximum absolute atomic E-state index is 14.0. The average Bonchev–Trinajstić information content (AvgIpc) is 3.44. The number of benzene rings is 1. The SMILES string of the molecule is Cc1ccc(CNC(=O)c2cn3c(c(O)c2=O)C(=O)N2CC4CC4CC3C2)c(F)c1. The average molecular weight is 411 g/mol. The molecule has 2 bridgehead atoms. The summed E-state index contributed by atoms with van der Waals surface area (Å²) in [5, 5.41) is 13.1. The molecule has 1 saturated carbocycles. The molecule has 2 amide bonds. The number of carbonyl (C=O) groups is 2. The molecule has 5 rings (SSSR count). The van der Waals surface area contributed by atoms with E-state index < -0.39 is 22.9 Å². The monoisotopic (exact) mass is 411 g/mol. The van der Waals surface area contributed by atoms with Crippen molar-refractivity contribution in [1.82, 2.24) is 14.8 Å². The third kappa shape index (κ3) is 2.98. The third-order valence-corrected chi connectivity index (χ3v) is 6.52. The van der Waals surface area contributed by atoms with Crippen molar-refractivity contribution in [1.29, 1.82) is 0 Å². The molecule has 8 heteroatoms. The molecule has 3 unspecified atom stereocenters. The Morgan fingerprint density at radius 1 is 1.23 bits per heavy atom. The molecule has 2 aromatic rings. The highest BCUT2D eigenvalue weighted by Crippen LogP contribution is 2.49. The van der Waals surface area contributed by atoms with Gasteiger partial charge in [0.2, 0.25) is 5.43 Å². The highest BCUT2D eigenvalue weighted by molar-refractivity contribution is 5.99. The van der Waals surface area contributed by atoms with Crippen molar-refractivity contribution in [2.24, 2.45) is 11.8 Å². The van der Waals surface area contributed by atoms with E-state index in [0.717, 1.165) is 18.4 Å². The maximum Gasteiger partial charge on any atom is 0.274 e. The van der Waals surface area contributed by atoms with Crippen molar-refractivity contribution in [2.45, 2.75) is 32.4 Å². The van der Waals surface area contributed by atoms with Crippen LogP contribution in [0.2, 0.25) is 0 Å². The molecule has 1 saturated heterocycles. The summed E-state index contributed by atoms with van der Waals surface area (Å²) < 4.78 is 15.6. The van der Waals surface area contributed by atoms with Gasteiger partial charge in [0.1, 0.15) is 11.4 Å². The van der Waals surface area contributed by atoms with E-state index in [-0.39, 0.29) is 29.8 Å². The summed E-state index contributed by atoms with van der Waals surface area (Å²) in [5.41, 5.74) is -0.118. The number of aryl methyl sites for hydroxylation is 1.